The quantitative estimate of drug-likeness (QED) is 0.584. The van der Waals surface area contributed by atoms with Gasteiger partial charge in [0.1, 0.15) is 0 Å². The molecule has 2 aliphatic rings. The Morgan fingerprint density at radius 1 is 1.08 bits per heavy atom. The minimum Gasteiger partial charge on any atom is -0.314 e. The molecule has 2 rings (SSSR count). The average Bonchev–Trinajstić information content (AvgIpc) is 2.12. The Morgan fingerprint density at radius 2 is 1.92 bits per heavy atom. The second kappa shape index (κ2) is 3.37. The Morgan fingerprint density at radius 3 is 2.75 bits per heavy atom. The van der Waals surface area contributed by atoms with Crippen LogP contribution in [-0.4, -0.2) is 12.6 Å². The van der Waals surface area contributed by atoms with Gasteiger partial charge >= 0.3 is 0 Å². The lowest BCUT2D eigenvalue weighted by molar-refractivity contribution is 0.104. The highest BCUT2D eigenvalue weighted by molar-refractivity contribution is 4.90. The van der Waals surface area contributed by atoms with Crippen LogP contribution in [0.1, 0.15) is 39.5 Å². The summed E-state index contributed by atoms with van der Waals surface area (Å²) in [4.78, 5) is 0. The third-order valence-corrected chi connectivity index (χ3v) is 4.14. The van der Waals surface area contributed by atoms with Gasteiger partial charge < -0.3 is 5.32 Å². The fourth-order valence-electron chi connectivity index (χ4n) is 3.05. The van der Waals surface area contributed by atoms with Crippen LogP contribution < -0.4 is 5.32 Å². The molecule has 4 unspecified atom stereocenters. The Labute approximate surface area is 75.9 Å². The summed E-state index contributed by atoms with van der Waals surface area (Å²) < 4.78 is 0. The van der Waals surface area contributed by atoms with Crippen molar-refractivity contribution in [1.29, 1.82) is 0 Å². The molecule has 70 valence electrons. The molecule has 1 saturated heterocycles. The molecule has 1 saturated carbocycles. The zero-order chi connectivity index (χ0) is 8.55. The van der Waals surface area contributed by atoms with E-state index in [1.165, 1.54) is 32.2 Å². The molecule has 0 spiro atoms. The van der Waals surface area contributed by atoms with Crippen molar-refractivity contribution in [3.8, 4) is 0 Å². The van der Waals surface area contributed by atoms with E-state index >= 15 is 0 Å². The highest BCUT2D eigenvalue weighted by Gasteiger charge is 2.35. The molecule has 1 nitrogen and oxygen atoms in total. The maximum atomic E-state index is 3.67. The van der Waals surface area contributed by atoms with Crippen molar-refractivity contribution in [3.63, 3.8) is 0 Å². The Kier molecular flexibility index (Phi) is 2.40. The van der Waals surface area contributed by atoms with Crippen molar-refractivity contribution in [2.45, 2.75) is 45.6 Å². The van der Waals surface area contributed by atoms with Gasteiger partial charge in [-0.05, 0) is 50.0 Å². The van der Waals surface area contributed by atoms with E-state index in [1.54, 1.807) is 0 Å². The van der Waals surface area contributed by atoms with Crippen molar-refractivity contribution in [1.82, 2.24) is 5.32 Å². The van der Waals surface area contributed by atoms with E-state index in [4.69, 9.17) is 0 Å². The van der Waals surface area contributed by atoms with Gasteiger partial charge in [-0.3, -0.25) is 0 Å². The van der Waals surface area contributed by atoms with Crippen molar-refractivity contribution >= 4 is 0 Å². The molecular weight excluding hydrogens is 146 g/mol. The molecule has 12 heavy (non-hydrogen) atoms. The van der Waals surface area contributed by atoms with Crippen LogP contribution in [0.25, 0.3) is 0 Å². The predicted octanol–water partition coefficient (Wildman–Crippen LogP) is 2.42. The molecule has 2 fully saturated rings. The largest absolute Gasteiger partial charge is 0.314 e. The Balaban J connectivity index is 2.03. The summed E-state index contributed by atoms with van der Waals surface area (Å²) in [6.45, 7) is 6.15. The first-order chi connectivity index (χ1) is 5.79. The zero-order valence-corrected chi connectivity index (χ0v) is 8.34. The smallest absolute Gasteiger partial charge is 0.00980 e. The Hall–Kier alpha value is -0.0400. The van der Waals surface area contributed by atoms with Crippen molar-refractivity contribution in [3.05, 3.63) is 0 Å². The predicted molar refractivity (Wildman–Crippen MR) is 52.1 cm³/mol. The van der Waals surface area contributed by atoms with E-state index < -0.39 is 0 Å². The lowest BCUT2D eigenvalue weighted by atomic mass is 9.68. The molecule has 0 aromatic rings. The number of fused-ring (bicyclic) bond motifs is 1. The number of hydrogen-bond donors (Lipinski definition) is 1. The van der Waals surface area contributed by atoms with Crippen LogP contribution in [0.5, 0.6) is 0 Å². The molecular formula is C11H21N. The van der Waals surface area contributed by atoms with Gasteiger partial charge in [-0.1, -0.05) is 13.8 Å². The second-order valence-corrected chi connectivity index (χ2v) is 4.78. The first-order valence-corrected chi connectivity index (χ1v) is 5.52. The van der Waals surface area contributed by atoms with Gasteiger partial charge in [0, 0.05) is 6.04 Å². The number of hydrogen-bond acceptors (Lipinski definition) is 1. The third kappa shape index (κ3) is 1.39. The van der Waals surface area contributed by atoms with Crippen molar-refractivity contribution in [2.24, 2.45) is 17.8 Å². The van der Waals surface area contributed by atoms with Crippen LogP contribution in [-0.2, 0) is 0 Å². The zero-order valence-electron chi connectivity index (χ0n) is 8.34. The fraction of sp³-hybridized carbons (Fsp3) is 1.00. The van der Waals surface area contributed by atoms with Crippen LogP contribution in [0, 0.1) is 17.8 Å². The molecule has 1 N–H and O–H groups in total. The highest BCUT2D eigenvalue weighted by Crippen LogP contribution is 2.38. The minimum atomic E-state index is 0.866. The van der Waals surface area contributed by atoms with Gasteiger partial charge in [0.2, 0.25) is 0 Å². The van der Waals surface area contributed by atoms with Gasteiger partial charge in [-0.25, -0.2) is 0 Å². The summed E-state index contributed by atoms with van der Waals surface area (Å²) in [6.07, 6.45) is 5.74. The molecule has 0 bridgehead atoms. The standard InChI is InChI=1S/C11H21N/c1-8-5-6-11-10(9(8)2)4-3-7-12-11/h8-12H,3-7H2,1-2H3. The fourth-order valence-corrected chi connectivity index (χ4v) is 3.05. The lowest BCUT2D eigenvalue weighted by Gasteiger charge is -2.43. The maximum absolute atomic E-state index is 3.67. The van der Waals surface area contributed by atoms with Gasteiger partial charge in [0.15, 0.2) is 0 Å². The number of rotatable bonds is 0. The first-order valence-electron chi connectivity index (χ1n) is 5.52. The molecule has 1 heterocycles. The maximum Gasteiger partial charge on any atom is 0.00980 e. The topological polar surface area (TPSA) is 12.0 Å². The molecule has 4 atom stereocenters. The monoisotopic (exact) mass is 167 g/mol. The Bertz CT molecular complexity index is 153. The normalized spacial score (nSPS) is 48.5. The SMILES string of the molecule is CC1CCC2NCCCC2C1C. The van der Waals surface area contributed by atoms with Gasteiger partial charge in [0.05, 0.1) is 0 Å². The molecule has 1 aliphatic heterocycles. The van der Waals surface area contributed by atoms with E-state index in [-0.39, 0.29) is 0 Å². The van der Waals surface area contributed by atoms with Crippen LogP contribution >= 0.6 is 0 Å². The van der Waals surface area contributed by atoms with Gasteiger partial charge in [-0.2, -0.15) is 0 Å². The lowest BCUT2D eigenvalue weighted by Crippen LogP contribution is -2.48. The van der Waals surface area contributed by atoms with E-state index in [0.717, 1.165) is 23.8 Å². The van der Waals surface area contributed by atoms with Crippen LogP contribution in [0.3, 0.4) is 0 Å². The summed E-state index contributed by atoms with van der Waals surface area (Å²) in [5.41, 5.74) is 0. The second-order valence-electron chi connectivity index (χ2n) is 4.78. The molecule has 0 radical (unpaired) electrons. The van der Waals surface area contributed by atoms with E-state index in [0.29, 0.717) is 0 Å². The number of nitrogens with one attached hydrogen (secondary N) is 1. The summed E-state index contributed by atoms with van der Waals surface area (Å²) >= 11 is 0. The molecule has 1 aliphatic carbocycles. The van der Waals surface area contributed by atoms with Crippen LogP contribution in [0.15, 0.2) is 0 Å². The average molecular weight is 167 g/mol. The van der Waals surface area contributed by atoms with Crippen molar-refractivity contribution in [2.75, 3.05) is 6.54 Å². The minimum absolute atomic E-state index is 0.866. The molecule has 0 aromatic carbocycles. The molecule has 1 heteroatoms. The summed E-state index contributed by atoms with van der Waals surface area (Å²) in [7, 11) is 0. The van der Waals surface area contributed by atoms with Crippen molar-refractivity contribution < 1.29 is 0 Å². The number of piperidine rings is 1. The molecule has 0 aromatic heterocycles. The first kappa shape index (κ1) is 8.55. The summed E-state index contributed by atoms with van der Waals surface area (Å²) in [5.74, 6) is 2.91. The van der Waals surface area contributed by atoms with Crippen LogP contribution in [0.4, 0.5) is 0 Å². The molecule has 0 amide bonds. The van der Waals surface area contributed by atoms with E-state index in [1.807, 2.05) is 0 Å². The highest BCUT2D eigenvalue weighted by atomic mass is 14.9. The third-order valence-electron chi connectivity index (χ3n) is 4.14. The van der Waals surface area contributed by atoms with E-state index in [2.05, 4.69) is 19.2 Å². The van der Waals surface area contributed by atoms with E-state index in [9.17, 15) is 0 Å². The van der Waals surface area contributed by atoms with Gasteiger partial charge in [0.25, 0.3) is 0 Å². The summed E-state index contributed by atoms with van der Waals surface area (Å²) in [6, 6.07) is 0.866. The summed E-state index contributed by atoms with van der Waals surface area (Å²) in [5, 5.41) is 3.67. The van der Waals surface area contributed by atoms with Crippen LogP contribution in [0.2, 0.25) is 0 Å². The van der Waals surface area contributed by atoms with Gasteiger partial charge in [-0.15, -0.1) is 0 Å².